The molecule has 1 unspecified atom stereocenters. The Labute approximate surface area is 120 Å². The number of benzene rings is 1. The molecule has 20 heavy (non-hydrogen) atoms. The van der Waals surface area contributed by atoms with Crippen LogP contribution in [0.5, 0.6) is 5.75 Å². The third kappa shape index (κ3) is 2.97. The maximum Gasteiger partial charge on any atom is 0.226 e. The molecule has 2 aliphatic rings. The number of rotatable bonds is 6. The van der Waals surface area contributed by atoms with Crippen molar-refractivity contribution in [1.29, 1.82) is 0 Å². The monoisotopic (exact) mass is 273 g/mol. The van der Waals surface area contributed by atoms with Crippen LogP contribution in [-0.2, 0) is 11.3 Å². The van der Waals surface area contributed by atoms with Gasteiger partial charge in [-0.2, -0.15) is 0 Å². The molecule has 108 valence electrons. The molecule has 1 aromatic rings. The molecular formula is C17H23NO2. The molecule has 1 amide bonds. The van der Waals surface area contributed by atoms with Gasteiger partial charge in [0.25, 0.3) is 0 Å². The summed E-state index contributed by atoms with van der Waals surface area (Å²) in [6, 6.07) is 8.44. The molecule has 3 nitrogen and oxygen atoms in total. The molecule has 3 heteroatoms. The molecule has 2 saturated carbocycles. The molecule has 0 N–H and O–H groups in total. The highest BCUT2D eigenvalue weighted by Crippen LogP contribution is 2.39. The van der Waals surface area contributed by atoms with E-state index in [9.17, 15) is 4.79 Å². The van der Waals surface area contributed by atoms with Crippen LogP contribution >= 0.6 is 0 Å². The van der Waals surface area contributed by atoms with Crippen LogP contribution in [0.2, 0.25) is 0 Å². The highest BCUT2D eigenvalue weighted by atomic mass is 16.5. The standard InChI is InChI=1S/C17H23NO2/c1-12(14-5-6-14)18(17(19)15-7-8-15)11-13-3-9-16(20-2)10-4-13/h3-4,9-10,12,14-15H,5-8,11H2,1-2H3. The summed E-state index contributed by atoms with van der Waals surface area (Å²) in [6.07, 6.45) is 4.71. The second kappa shape index (κ2) is 5.47. The van der Waals surface area contributed by atoms with Gasteiger partial charge in [-0.1, -0.05) is 12.1 Å². The predicted molar refractivity (Wildman–Crippen MR) is 78.5 cm³/mol. The zero-order valence-electron chi connectivity index (χ0n) is 12.3. The van der Waals surface area contributed by atoms with Crippen LogP contribution in [0.4, 0.5) is 0 Å². The number of carbonyl (C=O) groups is 1. The lowest BCUT2D eigenvalue weighted by Crippen LogP contribution is -2.40. The number of hydrogen-bond acceptors (Lipinski definition) is 2. The van der Waals surface area contributed by atoms with E-state index in [0.29, 0.717) is 17.9 Å². The number of hydrogen-bond donors (Lipinski definition) is 0. The first-order chi connectivity index (χ1) is 9.69. The Kier molecular flexibility index (Phi) is 3.68. The molecule has 2 aliphatic carbocycles. The molecule has 0 aliphatic heterocycles. The summed E-state index contributed by atoms with van der Waals surface area (Å²) in [7, 11) is 1.67. The van der Waals surface area contributed by atoms with Crippen molar-refractivity contribution in [3.63, 3.8) is 0 Å². The summed E-state index contributed by atoms with van der Waals surface area (Å²) in [5, 5.41) is 0. The Morgan fingerprint density at radius 2 is 1.90 bits per heavy atom. The lowest BCUT2D eigenvalue weighted by Gasteiger charge is -2.30. The molecular weight excluding hydrogens is 250 g/mol. The molecule has 0 aromatic heterocycles. The largest absolute Gasteiger partial charge is 0.497 e. The lowest BCUT2D eigenvalue weighted by molar-refractivity contribution is -0.135. The van der Waals surface area contributed by atoms with Crippen LogP contribution in [0.1, 0.15) is 38.2 Å². The maximum absolute atomic E-state index is 12.5. The molecule has 0 spiro atoms. The first-order valence-electron chi connectivity index (χ1n) is 7.62. The summed E-state index contributed by atoms with van der Waals surface area (Å²) in [4.78, 5) is 14.6. The van der Waals surface area contributed by atoms with E-state index in [4.69, 9.17) is 4.74 Å². The van der Waals surface area contributed by atoms with E-state index in [2.05, 4.69) is 24.0 Å². The predicted octanol–water partition coefficient (Wildman–Crippen LogP) is 3.23. The minimum absolute atomic E-state index is 0.300. The smallest absolute Gasteiger partial charge is 0.226 e. The van der Waals surface area contributed by atoms with E-state index in [1.165, 1.54) is 18.4 Å². The Bertz CT molecular complexity index is 474. The van der Waals surface area contributed by atoms with Crippen molar-refractivity contribution in [1.82, 2.24) is 4.90 Å². The van der Waals surface area contributed by atoms with Gasteiger partial charge in [0.2, 0.25) is 5.91 Å². The first kappa shape index (κ1) is 13.5. The SMILES string of the molecule is COc1ccc(CN(C(=O)C2CC2)C(C)C2CC2)cc1. The summed E-state index contributed by atoms with van der Waals surface area (Å²) in [5.41, 5.74) is 1.19. The van der Waals surface area contributed by atoms with Crippen molar-refractivity contribution < 1.29 is 9.53 Å². The summed E-state index contributed by atoms with van der Waals surface area (Å²) < 4.78 is 5.18. The molecule has 3 rings (SSSR count). The fraction of sp³-hybridized carbons (Fsp3) is 0.588. The number of amides is 1. The van der Waals surface area contributed by atoms with Crippen molar-refractivity contribution in [2.75, 3.05) is 7.11 Å². The van der Waals surface area contributed by atoms with Gasteiger partial charge in [0.1, 0.15) is 5.75 Å². The number of methoxy groups -OCH3 is 1. The Morgan fingerprint density at radius 1 is 1.25 bits per heavy atom. The van der Waals surface area contributed by atoms with Gasteiger partial charge in [-0.15, -0.1) is 0 Å². The second-order valence-electron chi connectivity index (χ2n) is 6.17. The topological polar surface area (TPSA) is 29.5 Å². The summed E-state index contributed by atoms with van der Waals surface area (Å²) >= 11 is 0. The van der Waals surface area contributed by atoms with E-state index in [-0.39, 0.29) is 0 Å². The molecule has 0 bridgehead atoms. The molecule has 2 fully saturated rings. The third-order valence-corrected chi connectivity index (χ3v) is 4.52. The van der Waals surface area contributed by atoms with Gasteiger partial charge in [-0.25, -0.2) is 0 Å². The summed E-state index contributed by atoms with van der Waals surface area (Å²) in [6.45, 7) is 2.94. The Balaban J connectivity index is 1.72. The van der Waals surface area contributed by atoms with Crippen molar-refractivity contribution in [2.45, 2.75) is 45.2 Å². The fourth-order valence-electron chi connectivity index (χ4n) is 2.75. The molecule has 0 heterocycles. The van der Waals surface area contributed by atoms with Crippen molar-refractivity contribution in [2.24, 2.45) is 11.8 Å². The second-order valence-corrected chi connectivity index (χ2v) is 6.17. The Hall–Kier alpha value is -1.51. The van der Waals surface area contributed by atoms with E-state index in [1.807, 2.05) is 12.1 Å². The van der Waals surface area contributed by atoms with Crippen LogP contribution in [0.25, 0.3) is 0 Å². The van der Waals surface area contributed by atoms with E-state index < -0.39 is 0 Å². The van der Waals surface area contributed by atoms with Gasteiger partial charge in [-0.3, -0.25) is 4.79 Å². The molecule has 0 saturated heterocycles. The molecule has 1 atom stereocenters. The van der Waals surface area contributed by atoms with Crippen molar-refractivity contribution >= 4 is 5.91 Å². The first-order valence-corrected chi connectivity index (χ1v) is 7.62. The summed E-state index contributed by atoms with van der Waals surface area (Å²) in [5.74, 6) is 2.25. The zero-order valence-corrected chi connectivity index (χ0v) is 12.3. The minimum Gasteiger partial charge on any atom is -0.497 e. The van der Waals surface area contributed by atoms with Crippen LogP contribution in [0.15, 0.2) is 24.3 Å². The quantitative estimate of drug-likeness (QED) is 0.796. The van der Waals surface area contributed by atoms with Crippen LogP contribution in [0, 0.1) is 11.8 Å². The zero-order chi connectivity index (χ0) is 14.1. The lowest BCUT2D eigenvalue weighted by atomic mass is 10.1. The number of carbonyl (C=O) groups excluding carboxylic acids is 1. The van der Waals surface area contributed by atoms with Gasteiger partial charge >= 0.3 is 0 Å². The van der Waals surface area contributed by atoms with Gasteiger partial charge in [0.15, 0.2) is 0 Å². The van der Waals surface area contributed by atoms with Crippen molar-refractivity contribution in [3.8, 4) is 5.75 Å². The van der Waals surface area contributed by atoms with Gasteiger partial charge in [-0.05, 0) is 56.2 Å². The van der Waals surface area contributed by atoms with Crippen molar-refractivity contribution in [3.05, 3.63) is 29.8 Å². The highest BCUT2D eigenvalue weighted by molar-refractivity contribution is 5.81. The third-order valence-electron chi connectivity index (χ3n) is 4.52. The molecule has 0 radical (unpaired) electrons. The number of ether oxygens (including phenoxy) is 1. The fourth-order valence-corrected chi connectivity index (χ4v) is 2.75. The normalized spacial score (nSPS) is 19.5. The average molecular weight is 273 g/mol. The Morgan fingerprint density at radius 3 is 2.40 bits per heavy atom. The van der Waals surface area contributed by atoms with E-state index in [1.54, 1.807) is 7.11 Å². The average Bonchev–Trinajstić information content (AvgIpc) is 3.35. The van der Waals surface area contributed by atoms with Gasteiger partial charge < -0.3 is 9.64 Å². The van der Waals surface area contributed by atoms with Crippen LogP contribution in [0.3, 0.4) is 0 Å². The molecule has 1 aromatic carbocycles. The van der Waals surface area contributed by atoms with Crippen LogP contribution < -0.4 is 4.74 Å². The highest BCUT2D eigenvalue weighted by Gasteiger charge is 2.39. The van der Waals surface area contributed by atoms with Gasteiger partial charge in [0.05, 0.1) is 7.11 Å². The minimum atomic E-state index is 0.300. The van der Waals surface area contributed by atoms with Gasteiger partial charge in [0, 0.05) is 18.5 Å². The van der Waals surface area contributed by atoms with Crippen LogP contribution in [-0.4, -0.2) is 24.0 Å². The van der Waals surface area contributed by atoms with E-state index >= 15 is 0 Å². The maximum atomic E-state index is 12.5. The van der Waals surface area contributed by atoms with E-state index in [0.717, 1.165) is 31.1 Å². The number of nitrogens with zero attached hydrogens (tertiary/aromatic N) is 1.